The van der Waals surface area contributed by atoms with Gasteiger partial charge in [0.15, 0.2) is 6.61 Å². The molecule has 3 rings (SSSR count). The third kappa shape index (κ3) is 5.95. The van der Waals surface area contributed by atoms with Crippen LogP contribution in [0.5, 0.6) is 5.75 Å². The summed E-state index contributed by atoms with van der Waals surface area (Å²) >= 11 is 0. The van der Waals surface area contributed by atoms with Gasteiger partial charge in [0.2, 0.25) is 0 Å². The number of anilines is 1. The molecule has 30 heavy (non-hydrogen) atoms. The Morgan fingerprint density at radius 2 is 1.63 bits per heavy atom. The van der Waals surface area contributed by atoms with Crippen LogP contribution in [-0.4, -0.2) is 18.4 Å². The van der Waals surface area contributed by atoms with Gasteiger partial charge in [0.05, 0.1) is 0 Å². The summed E-state index contributed by atoms with van der Waals surface area (Å²) in [5.41, 5.74) is 3.36. The molecule has 0 aliphatic carbocycles. The van der Waals surface area contributed by atoms with E-state index in [-0.39, 0.29) is 18.4 Å². The molecule has 0 saturated heterocycles. The quantitative estimate of drug-likeness (QED) is 0.571. The number of carbonyl (C=O) groups is 2. The predicted octanol–water partition coefficient (Wildman–Crippen LogP) is 4.76. The smallest absolute Gasteiger partial charge is 0.262 e. The molecule has 0 atom stereocenters. The number of hydrogen-bond donors (Lipinski definition) is 2. The molecule has 3 aromatic carbocycles. The fraction of sp³-hybridized carbons (Fsp3) is 0.200. The van der Waals surface area contributed by atoms with Crippen LogP contribution in [0, 0.1) is 0 Å². The van der Waals surface area contributed by atoms with Crippen LogP contribution in [0.4, 0.5) is 5.69 Å². The van der Waals surface area contributed by atoms with Crippen molar-refractivity contribution in [2.24, 2.45) is 0 Å². The van der Waals surface area contributed by atoms with E-state index in [1.165, 1.54) is 0 Å². The Labute approximate surface area is 177 Å². The van der Waals surface area contributed by atoms with E-state index in [4.69, 9.17) is 4.74 Å². The number of para-hydroxylation sites is 1. The van der Waals surface area contributed by atoms with Crippen LogP contribution in [0.25, 0.3) is 0 Å². The highest BCUT2D eigenvalue weighted by molar-refractivity contribution is 5.95. The maximum absolute atomic E-state index is 12.4. The maximum Gasteiger partial charge on any atom is 0.262 e. The first-order valence-corrected chi connectivity index (χ1v) is 9.96. The van der Waals surface area contributed by atoms with Crippen molar-refractivity contribution in [2.45, 2.75) is 26.3 Å². The number of amides is 2. The van der Waals surface area contributed by atoms with Crippen molar-refractivity contribution in [1.29, 1.82) is 0 Å². The molecule has 0 aliphatic rings. The summed E-state index contributed by atoms with van der Waals surface area (Å²) in [5, 5.41) is 5.78. The summed E-state index contributed by atoms with van der Waals surface area (Å²) in [6.45, 7) is 4.47. The maximum atomic E-state index is 12.4. The van der Waals surface area contributed by atoms with Crippen LogP contribution in [0.1, 0.15) is 41.3 Å². The van der Waals surface area contributed by atoms with E-state index in [1.54, 1.807) is 24.3 Å². The van der Waals surface area contributed by atoms with Gasteiger partial charge in [-0.3, -0.25) is 9.59 Å². The van der Waals surface area contributed by atoms with Gasteiger partial charge >= 0.3 is 0 Å². The molecule has 0 saturated carbocycles. The van der Waals surface area contributed by atoms with Gasteiger partial charge in [-0.1, -0.05) is 68.4 Å². The van der Waals surface area contributed by atoms with Crippen molar-refractivity contribution < 1.29 is 14.3 Å². The third-order valence-electron chi connectivity index (χ3n) is 4.62. The lowest BCUT2D eigenvalue weighted by molar-refractivity contribution is -0.118. The van der Waals surface area contributed by atoms with Crippen molar-refractivity contribution in [3.05, 3.63) is 95.6 Å². The Kier molecular flexibility index (Phi) is 7.22. The van der Waals surface area contributed by atoms with Crippen molar-refractivity contribution in [1.82, 2.24) is 5.32 Å². The molecule has 5 heteroatoms. The standard InChI is InChI=1S/C25H26N2O3/c1-18(2)22-13-6-7-14-23(22)27-24(28)17-30-21-12-8-11-20(15-21)25(29)26-16-19-9-4-3-5-10-19/h3-15,18H,16-17H2,1-2H3,(H,26,29)(H,27,28). The zero-order valence-electron chi connectivity index (χ0n) is 17.2. The molecule has 0 radical (unpaired) electrons. The number of hydrogen-bond acceptors (Lipinski definition) is 3. The summed E-state index contributed by atoms with van der Waals surface area (Å²) in [6.07, 6.45) is 0. The van der Waals surface area contributed by atoms with E-state index in [0.29, 0.717) is 23.8 Å². The second-order valence-electron chi connectivity index (χ2n) is 7.27. The first-order valence-electron chi connectivity index (χ1n) is 9.96. The van der Waals surface area contributed by atoms with Crippen LogP contribution in [0.3, 0.4) is 0 Å². The van der Waals surface area contributed by atoms with Gasteiger partial charge in [-0.15, -0.1) is 0 Å². The van der Waals surface area contributed by atoms with E-state index < -0.39 is 0 Å². The molecule has 3 aromatic rings. The van der Waals surface area contributed by atoms with Gasteiger partial charge in [0.25, 0.3) is 11.8 Å². The monoisotopic (exact) mass is 402 g/mol. The van der Waals surface area contributed by atoms with E-state index in [1.807, 2.05) is 54.6 Å². The number of carbonyl (C=O) groups excluding carboxylic acids is 2. The number of ether oxygens (including phenoxy) is 1. The van der Waals surface area contributed by atoms with E-state index >= 15 is 0 Å². The van der Waals surface area contributed by atoms with Gasteiger partial charge in [0, 0.05) is 17.8 Å². The molecule has 0 unspecified atom stereocenters. The molecule has 5 nitrogen and oxygen atoms in total. The lowest BCUT2D eigenvalue weighted by atomic mass is 10.0. The van der Waals surface area contributed by atoms with Gasteiger partial charge in [-0.05, 0) is 41.3 Å². The molecular formula is C25H26N2O3. The topological polar surface area (TPSA) is 67.4 Å². The Hall–Kier alpha value is -3.60. The first kappa shape index (κ1) is 21.1. The van der Waals surface area contributed by atoms with Crippen LogP contribution in [0.2, 0.25) is 0 Å². The molecule has 154 valence electrons. The molecule has 0 fully saturated rings. The average molecular weight is 402 g/mol. The molecule has 2 N–H and O–H groups in total. The molecule has 0 aromatic heterocycles. The molecule has 0 bridgehead atoms. The minimum Gasteiger partial charge on any atom is -0.484 e. The highest BCUT2D eigenvalue weighted by atomic mass is 16.5. The molecule has 0 aliphatic heterocycles. The summed E-state index contributed by atoms with van der Waals surface area (Å²) < 4.78 is 5.60. The van der Waals surface area contributed by atoms with Crippen molar-refractivity contribution in [2.75, 3.05) is 11.9 Å². The SMILES string of the molecule is CC(C)c1ccccc1NC(=O)COc1cccc(C(=O)NCc2ccccc2)c1. The van der Waals surface area contributed by atoms with Gasteiger partial charge < -0.3 is 15.4 Å². The predicted molar refractivity (Wildman–Crippen MR) is 119 cm³/mol. The first-order chi connectivity index (χ1) is 14.5. The van der Waals surface area contributed by atoms with Crippen LogP contribution in [-0.2, 0) is 11.3 Å². The van der Waals surface area contributed by atoms with E-state index in [0.717, 1.165) is 16.8 Å². The zero-order chi connectivity index (χ0) is 21.3. The largest absolute Gasteiger partial charge is 0.484 e. The van der Waals surface area contributed by atoms with Crippen molar-refractivity contribution in [3.63, 3.8) is 0 Å². The van der Waals surface area contributed by atoms with Crippen molar-refractivity contribution in [3.8, 4) is 5.75 Å². The second-order valence-corrected chi connectivity index (χ2v) is 7.27. The van der Waals surface area contributed by atoms with Gasteiger partial charge in [-0.2, -0.15) is 0 Å². The van der Waals surface area contributed by atoms with E-state index in [9.17, 15) is 9.59 Å². The minimum absolute atomic E-state index is 0.137. The van der Waals surface area contributed by atoms with Crippen LogP contribution < -0.4 is 15.4 Å². The highest BCUT2D eigenvalue weighted by Gasteiger charge is 2.11. The highest BCUT2D eigenvalue weighted by Crippen LogP contribution is 2.23. The van der Waals surface area contributed by atoms with Gasteiger partial charge in [-0.25, -0.2) is 0 Å². The Bertz CT molecular complexity index is 1000. The lowest BCUT2D eigenvalue weighted by Gasteiger charge is -2.14. The normalized spacial score (nSPS) is 10.5. The number of rotatable bonds is 8. The molecular weight excluding hydrogens is 376 g/mol. The summed E-state index contributed by atoms with van der Waals surface area (Å²) in [5.74, 6) is 0.324. The molecule has 0 spiro atoms. The minimum atomic E-state index is -0.248. The molecule has 2 amide bonds. The summed E-state index contributed by atoms with van der Waals surface area (Å²) in [6, 6.07) is 24.2. The lowest BCUT2D eigenvalue weighted by Crippen LogP contribution is -2.23. The number of nitrogens with one attached hydrogen (secondary N) is 2. The van der Waals surface area contributed by atoms with Crippen LogP contribution in [0.15, 0.2) is 78.9 Å². The second kappa shape index (κ2) is 10.3. The summed E-state index contributed by atoms with van der Waals surface area (Å²) in [7, 11) is 0. The average Bonchev–Trinajstić information content (AvgIpc) is 2.77. The molecule has 0 heterocycles. The Morgan fingerprint density at radius 1 is 0.900 bits per heavy atom. The van der Waals surface area contributed by atoms with E-state index in [2.05, 4.69) is 24.5 Å². The van der Waals surface area contributed by atoms with Gasteiger partial charge in [0.1, 0.15) is 5.75 Å². The fourth-order valence-corrected chi connectivity index (χ4v) is 3.06. The fourth-order valence-electron chi connectivity index (χ4n) is 3.06. The van der Waals surface area contributed by atoms with Crippen LogP contribution >= 0.6 is 0 Å². The Balaban J connectivity index is 1.55. The Morgan fingerprint density at radius 3 is 2.40 bits per heavy atom. The number of benzene rings is 3. The van der Waals surface area contributed by atoms with Crippen molar-refractivity contribution >= 4 is 17.5 Å². The third-order valence-corrected chi connectivity index (χ3v) is 4.62. The zero-order valence-corrected chi connectivity index (χ0v) is 17.2. The summed E-state index contributed by atoms with van der Waals surface area (Å²) in [4.78, 5) is 24.7.